The number of anilines is 3. The first-order chi connectivity index (χ1) is 26.3. The van der Waals surface area contributed by atoms with Crippen LogP contribution in [0.25, 0.3) is 22.4 Å². The molecule has 14 heteroatoms. The summed E-state index contributed by atoms with van der Waals surface area (Å²) in [5.74, 6) is -1.11. The van der Waals surface area contributed by atoms with E-state index in [9.17, 15) is 21.6 Å². The average Bonchev–Trinajstić information content (AvgIpc) is 3.47. The van der Waals surface area contributed by atoms with Gasteiger partial charge in [0.2, 0.25) is 0 Å². The molecular weight excluding hydrogens is 783 g/mol. The quantitative estimate of drug-likeness (QED) is 0.0556. The molecule has 1 fully saturated rings. The molecule has 0 amide bonds. The zero-order valence-corrected chi connectivity index (χ0v) is 34.7. The number of alkyl halides is 3. The SMILES string of the molecule is C=CC(C/C=C(\CS(=O)(=O)C(F)(F)F)NCCC)SNc1ccc(N2CCN(c3cccc(-c4c(S)c(CC)n(CC)c4-c4ccc(Cl)cc4)c3)CC2)cc1. The van der Waals surface area contributed by atoms with Crippen LogP contribution in [0.5, 0.6) is 0 Å². The van der Waals surface area contributed by atoms with Crippen LogP contribution in [0.2, 0.25) is 5.02 Å². The Morgan fingerprint density at radius 1 is 0.964 bits per heavy atom. The van der Waals surface area contributed by atoms with Gasteiger partial charge < -0.3 is 24.4 Å². The largest absolute Gasteiger partial charge is 0.497 e. The molecule has 1 aliphatic rings. The van der Waals surface area contributed by atoms with Gasteiger partial charge in [0.15, 0.2) is 0 Å². The van der Waals surface area contributed by atoms with Crippen molar-refractivity contribution in [2.24, 2.45) is 0 Å². The van der Waals surface area contributed by atoms with Gasteiger partial charge in [-0.2, -0.15) is 13.2 Å². The highest BCUT2D eigenvalue weighted by molar-refractivity contribution is 8.01. The standard InChI is InChI=1S/C41H49ClF3N5O2S3/c1-5-22-46-33(28-55(51,52)41(43,44)45)18-21-36(6-2)54-47-32-16-19-34(20-17-32)48-23-25-49(26-24-48)35-11-9-10-30(27-35)38-39(29-12-14-31(42)15-13-29)50(8-4)37(7-3)40(38)53/h6,9-20,27,36,46-47,53H,2,5,7-8,21-26,28H2,1,3-4H3/b33-18+. The molecule has 0 spiro atoms. The summed E-state index contributed by atoms with van der Waals surface area (Å²) in [6.45, 7) is 14.7. The molecule has 1 unspecified atom stereocenters. The molecule has 3 aromatic carbocycles. The molecule has 55 heavy (non-hydrogen) atoms. The zero-order valence-electron chi connectivity index (χ0n) is 31.4. The van der Waals surface area contributed by atoms with Crippen molar-refractivity contribution in [2.45, 2.75) is 62.2 Å². The lowest BCUT2D eigenvalue weighted by molar-refractivity contribution is -0.0433. The molecule has 4 aromatic rings. The molecule has 1 saturated heterocycles. The lowest BCUT2D eigenvalue weighted by Crippen LogP contribution is -2.46. The van der Waals surface area contributed by atoms with E-state index in [0.717, 1.165) is 77.8 Å². The van der Waals surface area contributed by atoms with Gasteiger partial charge in [-0.15, -0.1) is 19.2 Å². The Labute approximate surface area is 338 Å². The highest BCUT2D eigenvalue weighted by Gasteiger charge is 2.45. The van der Waals surface area contributed by atoms with Gasteiger partial charge in [0.1, 0.15) is 0 Å². The summed E-state index contributed by atoms with van der Waals surface area (Å²) in [7, 11) is -5.29. The van der Waals surface area contributed by atoms with Crippen molar-refractivity contribution in [3.63, 3.8) is 0 Å². The van der Waals surface area contributed by atoms with E-state index in [4.69, 9.17) is 24.2 Å². The van der Waals surface area contributed by atoms with Crippen molar-refractivity contribution >= 4 is 63.1 Å². The van der Waals surface area contributed by atoms with Gasteiger partial charge in [-0.05, 0) is 97.8 Å². The number of piperazine rings is 1. The number of sulfone groups is 1. The molecule has 7 nitrogen and oxygen atoms in total. The first kappa shape index (κ1) is 42.5. The lowest BCUT2D eigenvalue weighted by Gasteiger charge is -2.37. The van der Waals surface area contributed by atoms with Crippen molar-refractivity contribution in [2.75, 3.05) is 53.0 Å². The van der Waals surface area contributed by atoms with E-state index in [-0.39, 0.29) is 10.9 Å². The number of thiol groups is 1. The predicted octanol–water partition coefficient (Wildman–Crippen LogP) is 10.5. The number of hydrogen-bond acceptors (Lipinski definition) is 8. The summed E-state index contributed by atoms with van der Waals surface area (Å²) in [5.41, 5.74) is 3.65. The van der Waals surface area contributed by atoms with E-state index in [1.807, 2.05) is 31.2 Å². The molecule has 0 saturated carbocycles. The highest BCUT2D eigenvalue weighted by atomic mass is 35.5. The summed E-state index contributed by atoms with van der Waals surface area (Å²) < 4.78 is 68.3. The van der Waals surface area contributed by atoms with E-state index in [0.29, 0.717) is 24.4 Å². The lowest BCUT2D eigenvalue weighted by atomic mass is 10.00. The summed E-state index contributed by atoms with van der Waals surface area (Å²) in [6.07, 6.45) is 5.02. The Balaban J connectivity index is 1.21. The Morgan fingerprint density at radius 2 is 1.62 bits per heavy atom. The van der Waals surface area contributed by atoms with Crippen LogP contribution in [-0.4, -0.2) is 62.2 Å². The fourth-order valence-corrected chi connectivity index (χ4v) is 8.86. The average molecular weight is 833 g/mol. The molecule has 296 valence electrons. The molecule has 1 aromatic heterocycles. The van der Waals surface area contributed by atoms with E-state index in [1.54, 1.807) is 6.08 Å². The highest BCUT2D eigenvalue weighted by Crippen LogP contribution is 2.43. The topological polar surface area (TPSA) is 69.6 Å². The maximum absolute atomic E-state index is 13.0. The van der Waals surface area contributed by atoms with Gasteiger partial charge >= 0.3 is 5.51 Å². The van der Waals surface area contributed by atoms with Gasteiger partial charge in [0.25, 0.3) is 9.84 Å². The van der Waals surface area contributed by atoms with Crippen molar-refractivity contribution in [1.29, 1.82) is 0 Å². The van der Waals surface area contributed by atoms with E-state index in [2.05, 4.69) is 93.4 Å². The smallest absolute Gasteiger partial charge is 0.388 e. The van der Waals surface area contributed by atoms with Crippen LogP contribution in [0.1, 0.15) is 39.3 Å². The number of aromatic nitrogens is 1. The Bertz CT molecular complexity index is 2040. The zero-order chi connectivity index (χ0) is 39.8. The molecule has 0 radical (unpaired) electrons. The third-order valence-electron chi connectivity index (χ3n) is 9.61. The Morgan fingerprint density at radius 3 is 2.20 bits per heavy atom. The van der Waals surface area contributed by atoms with Crippen LogP contribution in [0.15, 0.2) is 102 Å². The van der Waals surface area contributed by atoms with Crippen molar-refractivity contribution < 1.29 is 21.6 Å². The van der Waals surface area contributed by atoms with Crippen LogP contribution < -0.4 is 19.8 Å². The van der Waals surface area contributed by atoms with Crippen LogP contribution >= 0.6 is 36.2 Å². The molecule has 0 aliphatic carbocycles. The maximum Gasteiger partial charge on any atom is 0.497 e. The Kier molecular flexibility index (Phi) is 14.7. The fraction of sp³-hybridized carbons (Fsp3) is 0.366. The summed E-state index contributed by atoms with van der Waals surface area (Å²) in [5, 5.41) is 3.33. The van der Waals surface area contributed by atoms with Crippen LogP contribution in [0.3, 0.4) is 0 Å². The van der Waals surface area contributed by atoms with Gasteiger partial charge in [-0.3, -0.25) is 0 Å². The van der Waals surface area contributed by atoms with E-state index < -0.39 is 21.1 Å². The monoisotopic (exact) mass is 831 g/mol. The van der Waals surface area contributed by atoms with Gasteiger partial charge in [-0.1, -0.05) is 61.9 Å². The number of nitrogens with one attached hydrogen (secondary N) is 2. The number of halogens is 4. The van der Waals surface area contributed by atoms with Gasteiger partial charge in [0.05, 0.1) is 11.4 Å². The number of benzene rings is 3. The normalized spacial score (nSPS) is 14.6. The molecule has 5 rings (SSSR count). The van der Waals surface area contributed by atoms with Gasteiger partial charge in [0, 0.05) is 88.5 Å². The number of nitrogens with zero attached hydrogens (tertiary/aromatic N) is 3. The van der Waals surface area contributed by atoms with Crippen molar-refractivity contribution in [3.05, 3.63) is 108 Å². The molecule has 0 bridgehead atoms. The fourth-order valence-electron chi connectivity index (χ4n) is 6.71. The molecule has 2 heterocycles. The Hall–Kier alpha value is -3.65. The minimum absolute atomic E-state index is 0.0381. The summed E-state index contributed by atoms with van der Waals surface area (Å²) >= 11 is 12.7. The number of hydrogen-bond donors (Lipinski definition) is 3. The third-order valence-corrected chi connectivity index (χ3v) is 12.8. The van der Waals surface area contributed by atoms with E-state index in [1.165, 1.54) is 29.4 Å². The summed E-state index contributed by atoms with van der Waals surface area (Å²) in [4.78, 5) is 5.81. The van der Waals surface area contributed by atoms with Crippen LogP contribution in [0, 0.1) is 0 Å². The third kappa shape index (κ3) is 10.4. The van der Waals surface area contributed by atoms with Crippen LogP contribution in [-0.2, 0) is 22.8 Å². The van der Waals surface area contributed by atoms with Gasteiger partial charge in [-0.25, -0.2) is 8.42 Å². The number of rotatable bonds is 17. The number of allylic oxidation sites excluding steroid dienone is 1. The minimum atomic E-state index is -5.30. The molecular formula is C41H49ClF3N5O2S3. The molecule has 1 aliphatic heterocycles. The van der Waals surface area contributed by atoms with Crippen molar-refractivity contribution in [3.8, 4) is 22.4 Å². The second-order valence-corrected chi connectivity index (χ2v) is 17.2. The molecule has 2 N–H and O–H groups in total. The van der Waals surface area contributed by atoms with Crippen LogP contribution in [0.4, 0.5) is 30.2 Å². The first-order valence-electron chi connectivity index (χ1n) is 18.5. The van der Waals surface area contributed by atoms with Crippen molar-refractivity contribution in [1.82, 2.24) is 9.88 Å². The second kappa shape index (κ2) is 19.0. The minimum Gasteiger partial charge on any atom is -0.388 e. The first-order valence-corrected chi connectivity index (χ1v) is 21.8. The van der Waals surface area contributed by atoms with E-state index >= 15 is 0 Å². The maximum atomic E-state index is 13.0. The second-order valence-electron chi connectivity index (χ2n) is 13.3. The molecule has 1 atom stereocenters. The predicted molar refractivity (Wildman–Crippen MR) is 230 cm³/mol. The summed E-state index contributed by atoms with van der Waals surface area (Å²) in [6, 6.07) is 24.9.